The molecule has 2 aliphatic rings. The molecule has 1 aliphatic carbocycles. The predicted molar refractivity (Wildman–Crippen MR) is 107 cm³/mol. The van der Waals surface area contributed by atoms with Crippen LogP contribution in [0.4, 0.5) is 16.2 Å². The molecule has 0 atom stereocenters. The molecule has 6 nitrogen and oxygen atoms in total. The first-order valence-corrected chi connectivity index (χ1v) is 9.88. The Balaban J connectivity index is 1.59. The van der Waals surface area contributed by atoms with Gasteiger partial charge in [-0.05, 0) is 63.1 Å². The standard InChI is InChI=1S/C21H29N3O3/c1-27-19-11-10-17(15-18(19)24-14-6-5-9-20(24)25)23-21(26)22-13-12-16-7-3-2-4-8-16/h7,10-11,15H,2-6,8-9,12-14H2,1H3,(H2,22,23,26). The van der Waals surface area contributed by atoms with Crippen LogP contribution in [0.15, 0.2) is 29.8 Å². The number of hydrogen-bond acceptors (Lipinski definition) is 3. The number of amides is 3. The van der Waals surface area contributed by atoms with Crippen LogP contribution >= 0.6 is 0 Å². The summed E-state index contributed by atoms with van der Waals surface area (Å²) >= 11 is 0. The van der Waals surface area contributed by atoms with Gasteiger partial charge in [0.25, 0.3) is 0 Å². The Labute approximate surface area is 161 Å². The summed E-state index contributed by atoms with van der Waals surface area (Å²) in [5, 5.41) is 5.77. The Hall–Kier alpha value is -2.50. The third kappa shape index (κ3) is 5.25. The van der Waals surface area contributed by atoms with Gasteiger partial charge in [0, 0.05) is 25.2 Å². The van der Waals surface area contributed by atoms with Crippen molar-refractivity contribution < 1.29 is 14.3 Å². The molecule has 6 heteroatoms. The van der Waals surface area contributed by atoms with Crippen LogP contribution in [-0.4, -0.2) is 32.1 Å². The Morgan fingerprint density at radius 3 is 2.78 bits per heavy atom. The fourth-order valence-corrected chi connectivity index (χ4v) is 3.68. The second kappa shape index (κ2) is 9.44. The lowest BCUT2D eigenvalue weighted by Gasteiger charge is -2.28. The molecule has 0 unspecified atom stereocenters. The van der Waals surface area contributed by atoms with Gasteiger partial charge in [-0.25, -0.2) is 4.79 Å². The number of nitrogens with zero attached hydrogens (tertiary/aromatic N) is 1. The molecule has 146 valence electrons. The molecule has 1 saturated heterocycles. The van der Waals surface area contributed by atoms with E-state index >= 15 is 0 Å². The number of rotatable bonds is 6. The van der Waals surface area contributed by atoms with Crippen molar-refractivity contribution in [1.82, 2.24) is 5.32 Å². The van der Waals surface area contributed by atoms with E-state index in [4.69, 9.17) is 4.74 Å². The maximum absolute atomic E-state index is 12.3. The molecule has 1 fully saturated rings. The van der Waals surface area contributed by atoms with Gasteiger partial charge in [-0.1, -0.05) is 11.6 Å². The van der Waals surface area contributed by atoms with Gasteiger partial charge in [-0.3, -0.25) is 4.79 Å². The summed E-state index contributed by atoms with van der Waals surface area (Å²) in [6, 6.07) is 5.16. The van der Waals surface area contributed by atoms with Crippen molar-refractivity contribution in [2.24, 2.45) is 0 Å². The van der Waals surface area contributed by atoms with E-state index in [9.17, 15) is 9.59 Å². The molecular formula is C21H29N3O3. The van der Waals surface area contributed by atoms with Crippen LogP contribution in [-0.2, 0) is 4.79 Å². The highest BCUT2D eigenvalue weighted by atomic mass is 16.5. The summed E-state index contributed by atoms with van der Waals surface area (Å²) in [5.41, 5.74) is 2.81. The molecule has 1 aromatic rings. The molecule has 0 saturated carbocycles. The summed E-state index contributed by atoms with van der Waals surface area (Å²) in [4.78, 5) is 26.2. The first-order chi connectivity index (χ1) is 13.2. The zero-order valence-electron chi connectivity index (χ0n) is 16.1. The van der Waals surface area contributed by atoms with Crippen LogP contribution in [0.3, 0.4) is 0 Å². The number of ether oxygens (including phenoxy) is 1. The van der Waals surface area contributed by atoms with E-state index in [0.29, 0.717) is 36.6 Å². The monoisotopic (exact) mass is 371 g/mol. The van der Waals surface area contributed by atoms with Crippen LogP contribution in [0.2, 0.25) is 0 Å². The van der Waals surface area contributed by atoms with E-state index in [-0.39, 0.29) is 11.9 Å². The zero-order valence-corrected chi connectivity index (χ0v) is 16.1. The van der Waals surface area contributed by atoms with Gasteiger partial charge in [0.05, 0.1) is 12.8 Å². The maximum atomic E-state index is 12.3. The first kappa shape index (κ1) is 19.3. The Bertz CT molecular complexity index is 715. The van der Waals surface area contributed by atoms with Gasteiger partial charge >= 0.3 is 6.03 Å². The number of carbonyl (C=O) groups excluding carboxylic acids is 2. The molecule has 3 rings (SSSR count). The molecule has 0 aromatic heterocycles. The van der Waals surface area contributed by atoms with E-state index in [1.54, 1.807) is 24.1 Å². The molecule has 27 heavy (non-hydrogen) atoms. The van der Waals surface area contributed by atoms with E-state index in [2.05, 4.69) is 16.7 Å². The van der Waals surface area contributed by atoms with Crippen LogP contribution < -0.4 is 20.3 Å². The van der Waals surface area contributed by atoms with Crippen LogP contribution in [0.1, 0.15) is 51.4 Å². The number of methoxy groups -OCH3 is 1. The van der Waals surface area contributed by atoms with Crippen molar-refractivity contribution in [3.8, 4) is 5.75 Å². The fraction of sp³-hybridized carbons (Fsp3) is 0.524. The summed E-state index contributed by atoms with van der Waals surface area (Å²) in [6.45, 7) is 1.31. The molecule has 0 bridgehead atoms. The zero-order chi connectivity index (χ0) is 19.1. The lowest BCUT2D eigenvalue weighted by molar-refractivity contribution is -0.119. The van der Waals surface area contributed by atoms with Crippen LogP contribution in [0, 0.1) is 0 Å². The van der Waals surface area contributed by atoms with E-state index < -0.39 is 0 Å². The average Bonchev–Trinajstić information content (AvgIpc) is 2.69. The molecule has 0 spiro atoms. The van der Waals surface area contributed by atoms with Crippen molar-refractivity contribution in [3.63, 3.8) is 0 Å². The van der Waals surface area contributed by atoms with Gasteiger partial charge in [-0.15, -0.1) is 0 Å². The Kier molecular flexibility index (Phi) is 6.74. The van der Waals surface area contributed by atoms with Crippen molar-refractivity contribution in [2.75, 3.05) is 30.4 Å². The third-order valence-electron chi connectivity index (χ3n) is 5.17. The van der Waals surface area contributed by atoms with Crippen LogP contribution in [0.5, 0.6) is 5.75 Å². The number of hydrogen-bond donors (Lipinski definition) is 2. The number of anilines is 2. The Morgan fingerprint density at radius 2 is 2.04 bits per heavy atom. The minimum absolute atomic E-state index is 0.0990. The number of benzene rings is 1. The molecule has 3 amide bonds. The SMILES string of the molecule is COc1ccc(NC(=O)NCCC2=CCCCC2)cc1N1CCCCC1=O. The number of urea groups is 1. The molecule has 1 aromatic carbocycles. The van der Waals surface area contributed by atoms with Crippen molar-refractivity contribution >= 4 is 23.3 Å². The highest BCUT2D eigenvalue weighted by molar-refractivity contribution is 5.97. The number of carbonyl (C=O) groups is 2. The second-order valence-electron chi connectivity index (χ2n) is 7.13. The highest BCUT2D eigenvalue weighted by Crippen LogP contribution is 2.33. The molecular weight excluding hydrogens is 342 g/mol. The predicted octanol–water partition coefficient (Wildman–Crippen LogP) is 4.22. The highest BCUT2D eigenvalue weighted by Gasteiger charge is 2.23. The topological polar surface area (TPSA) is 70.7 Å². The smallest absolute Gasteiger partial charge is 0.319 e. The minimum Gasteiger partial charge on any atom is -0.495 e. The summed E-state index contributed by atoms with van der Waals surface area (Å²) < 4.78 is 5.41. The molecule has 0 radical (unpaired) electrons. The van der Waals surface area contributed by atoms with Crippen molar-refractivity contribution in [3.05, 3.63) is 29.8 Å². The molecule has 2 N–H and O–H groups in total. The largest absolute Gasteiger partial charge is 0.495 e. The van der Waals surface area contributed by atoms with Gasteiger partial charge in [-0.2, -0.15) is 0 Å². The maximum Gasteiger partial charge on any atom is 0.319 e. The fourth-order valence-electron chi connectivity index (χ4n) is 3.68. The quantitative estimate of drug-likeness (QED) is 0.736. The lowest BCUT2D eigenvalue weighted by Crippen LogP contribution is -2.35. The van der Waals surface area contributed by atoms with Crippen molar-refractivity contribution in [2.45, 2.75) is 51.4 Å². The van der Waals surface area contributed by atoms with Gasteiger partial charge in [0.2, 0.25) is 5.91 Å². The van der Waals surface area contributed by atoms with E-state index in [1.165, 1.54) is 18.4 Å². The van der Waals surface area contributed by atoms with Gasteiger partial charge in [0.15, 0.2) is 0 Å². The minimum atomic E-state index is -0.229. The second-order valence-corrected chi connectivity index (χ2v) is 7.13. The third-order valence-corrected chi connectivity index (χ3v) is 5.17. The van der Waals surface area contributed by atoms with Crippen molar-refractivity contribution in [1.29, 1.82) is 0 Å². The molecule has 1 heterocycles. The van der Waals surface area contributed by atoms with E-state index in [0.717, 1.165) is 32.1 Å². The number of allylic oxidation sites excluding steroid dienone is 1. The number of piperidine rings is 1. The van der Waals surface area contributed by atoms with Gasteiger partial charge < -0.3 is 20.3 Å². The average molecular weight is 371 g/mol. The van der Waals surface area contributed by atoms with Crippen LogP contribution in [0.25, 0.3) is 0 Å². The summed E-state index contributed by atoms with van der Waals surface area (Å²) in [6.07, 6.45) is 10.5. The number of nitrogens with one attached hydrogen (secondary N) is 2. The normalized spacial score (nSPS) is 17.3. The van der Waals surface area contributed by atoms with E-state index in [1.807, 2.05) is 6.07 Å². The first-order valence-electron chi connectivity index (χ1n) is 9.88. The summed E-state index contributed by atoms with van der Waals surface area (Å²) in [7, 11) is 1.59. The Morgan fingerprint density at radius 1 is 1.19 bits per heavy atom. The molecule has 1 aliphatic heterocycles. The summed E-state index contributed by atoms with van der Waals surface area (Å²) in [5.74, 6) is 0.738. The van der Waals surface area contributed by atoms with Gasteiger partial charge in [0.1, 0.15) is 5.75 Å². The lowest BCUT2D eigenvalue weighted by atomic mass is 9.97.